The van der Waals surface area contributed by atoms with E-state index in [9.17, 15) is 0 Å². The lowest BCUT2D eigenvalue weighted by molar-refractivity contribution is 0.130. The molecule has 1 aliphatic carbocycles. The number of halogens is 1. The minimum absolute atomic E-state index is 0. The monoisotopic (exact) mass is 211 g/mol. The molecule has 14 heavy (non-hydrogen) atoms. The second kappa shape index (κ2) is 3.48. The first-order valence-corrected chi connectivity index (χ1v) is 4.93. The minimum Gasteiger partial charge on any atom is -0.306 e. The van der Waals surface area contributed by atoms with Crippen LogP contribution in [0.2, 0.25) is 0 Å². The maximum atomic E-state index is 4.41. The Morgan fingerprint density at radius 3 is 2.86 bits per heavy atom. The summed E-state index contributed by atoms with van der Waals surface area (Å²) in [6.45, 7) is 1.14. The van der Waals surface area contributed by atoms with E-state index in [0.717, 1.165) is 18.2 Å². The highest BCUT2D eigenvalue weighted by Gasteiger charge is 2.51. The Balaban J connectivity index is 0.000000750. The molecular formula is C10H14ClN3. The lowest BCUT2D eigenvalue weighted by Crippen LogP contribution is -2.49. The topological polar surface area (TPSA) is 37.8 Å². The van der Waals surface area contributed by atoms with Gasteiger partial charge in [-0.05, 0) is 31.7 Å². The summed E-state index contributed by atoms with van der Waals surface area (Å²) in [6, 6.07) is 0. The van der Waals surface area contributed by atoms with Crippen molar-refractivity contribution in [2.45, 2.75) is 24.8 Å². The normalized spacial score (nSPS) is 34.1. The van der Waals surface area contributed by atoms with Crippen molar-refractivity contribution >= 4 is 12.4 Å². The molecule has 0 radical (unpaired) electrons. The fraction of sp³-hybridized carbons (Fsp3) is 0.600. The summed E-state index contributed by atoms with van der Waals surface area (Å²) in [5.41, 5.74) is 1.35. The molecule has 2 atom stereocenters. The average molecular weight is 212 g/mol. The minimum atomic E-state index is 0. The SMILES string of the molecule is Cl.c1cnc([C@]23CC[C@H]2CCN3)cn1. The van der Waals surface area contributed by atoms with Gasteiger partial charge in [0.1, 0.15) is 0 Å². The van der Waals surface area contributed by atoms with E-state index in [1.165, 1.54) is 19.3 Å². The molecular weight excluding hydrogens is 198 g/mol. The summed E-state index contributed by atoms with van der Waals surface area (Å²) in [4.78, 5) is 8.55. The van der Waals surface area contributed by atoms with Gasteiger partial charge in [-0.2, -0.15) is 0 Å². The number of aromatic nitrogens is 2. The number of fused-ring (bicyclic) bond motifs is 1. The van der Waals surface area contributed by atoms with Crippen molar-refractivity contribution < 1.29 is 0 Å². The molecule has 0 aromatic carbocycles. The number of hydrogen-bond donors (Lipinski definition) is 1. The number of nitrogens with one attached hydrogen (secondary N) is 1. The van der Waals surface area contributed by atoms with Crippen LogP contribution in [0.5, 0.6) is 0 Å². The van der Waals surface area contributed by atoms with Gasteiger partial charge in [0, 0.05) is 12.4 Å². The summed E-state index contributed by atoms with van der Waals surface area (Å²) >= 11 is 0. The zero-order valence-corrected chi connectivity index (χ0v) is 8.76. The van der Waals surface area contributed by atoms with Crippen LogP contribution >= 0.6 is 12.4 Å². The lowest BCUT2D eigenvalue weighted by atomic mass is 9.66. The lowest BCUT2D eigenvalue weighted by Gasteiger charge is -2.44. The highest BCUT2D eigenvalue weighted by molar-refractivity contribution is 5.85. The molecule has 2 fully saturated rings. The number of rotatable bonds is 1. The maximum absolute atomic E-state index is 4.41. The van der Waals surface area contributed by atoms with Crippen molar-refractivity contribution in [1.82, 2.24) is 15.3 Å². The molecule has 4 heteroatoms. The standard InChI is InChI=1S/C10H13N3.ClH/c1-3-10(8(1)2-4-13-10)9-7-11-5-6-12-9;/h5-8,13H,1-4H2;1H/t8-,10-;/m0./s1. The third kappa shape index (κ3) is 1.16. The van der Waals surface area contributed by atoms with Gasteiger partial charge in [0.2, 0.25) is 0 Å². The van der Waals surface area contributed by atoms with Crippen LogP contribution in [-0.4, -0.2) is 16.5 Å². The van der Waals surface area contributed by atoms with Gasteiger partial charge >= 0.3 is 0 Å². The highest BCUT2D eigenvalue weighted by atomic mass is 35.5. The van der Waals surface area contributed by atoms with Gasteiger partial charge in [-0.3, -0.25) is 9.97 Å². The summed E-state index contributed by atoms with van der Waals surface area (Å²) in [5, 5.41) is 3.58. The van der Waals surface area contributed by atoms with E-state index in [-0.39, 0.29) is 17.9 Å². The predicted octanol–water partition coefficient (Wildman–Crippen LogP) is 1.50. The summed E-state index contributed by atoms with van der Waals surface area (Å²) < 4.78 is 0. The zero-order valence-electron chi connectivity index (χ0n) is 7.94. The van der Waals surface area contributed by atoms with E-state index in [0.29, 0.717) is 0 Å². The average Bonchev–Trinajstić information content (AvgIpc) is 2.45. The number of hydrogen-bond acceptors (Lipinski definition) is 3. The van der Waals surface area contributed by atoms with Gasteiger partial charge in [-0.1, -0.05) is 0 Å². The van der Waals surface area contributed by atoms with Crippen molar-refractivity contribution in [2.24, 2.45) is 5.92 Å². The van der Waals surface area contributed by atoms with Gasteiger partial charge in [0.15, 0.2) is 0 Å². The molecule has 1 aliphatic heterocycles. The molecule has 0 unspecified atom stereocenters. The van der Waals surface area contributed by atoms with Gasteiger partial charge in [-0.25, -0.2) is 0 Å². The van der Waals surface area contributed by atoms with Crippen molar-refractivity contribution in [2.75, 3.05) is 6.54 Å². The van der Waals surface area contributed by atoms with Crippen molar-refractivity contribution in [3.8, 4) is 0 Å². The molecule has 1 saturated carbocycles. The molecule has 0 bridgehead atoms. The Morgan fingerprint density at radius 1 is 1.36 bits per heavy atom. The first-order valence-electron chi connectivity index (χ1n) is 4.93. The Hall–Kier alpha value is -0.670. The summed E-state index contributed by atoms with van der Waals surface area (Å²) in [7, 11) is 0. The Labute approximate surface area is 89.8 Å². The van der Waals surface area contributed by atoms with Gasteiger partial charge < -0.3 is 5.32 Å². The van der Waals surface area contributed by atoms with Crippen LogP contribution in [0.4, 0.5) is 0 Å². The van der Waals surface area contributed by atoms with Crippen molar-refractivity contribution in [3.63, 3.8) is 0 Å². The van der Waals surface area contributed by atoms with E-state index in [4.69, 9.17) is 0 Å². The van der Waals surface area contributed by atoms with E-state index < -0.39 is 0 Å². The van der Waals surface area contributed by atoms with Crippen molar-refractivity contribution in [3.05, 3.63) is 24.3 Å². The molecule has 1 aromatic heterocycles. The molecule has 0 amide bonds. The third-order valence-corrected chi connectivity index (χ3v) is 3.54. The van der Waals surface area contributed by atoms with Crippen LogP contribution in [0.3, 0.4) is 0 Å². The van der Waals surface area contributed by atoms with Crippen LogP contribution in [-0.2, 0) is 5.54 Å². The molecule has 2 aliphatic rings. The molecule has 1 N–H and O–H groups in total. The first kappa shape index (κ1) is 9.87. The second-order valence-electron chi connectivity index (χ2n) is 4.01. The van der Waals surface area contributed by atoms with Crippen LogP contribution in [0, 0.1) is 5.92 Å². The molecule has 3 nitrogen and oxygen atoms in total. The molecule has 1 aromatic rings. The quantitative estimate of drug-likeness (QED) is 0.765. The Morgan fingerprint density at radius 2 is 2.29 bits per heavy atom. The Kier molecular flexibility index (Phi) is 2.45. The van der Waals surface area contributed by atoms with E-state index in [1.807, 2.05) is 6.20 Å². The van der Waals surface area contributed by atoms with E-state index in [2.05, 4.69) is 15.3 Å². The molecule has 0 spiro atoms. The first-order chi connectivity index (χ1) is 6.42. The molecule has 2 heterocycles. The van der Waals surface area contributed by atoms with E-state index in [1.54, 1.807) is 12.4 Å². The van der Waals surface area contributed by atoms with Crippen LogP contribution in [0.1, 0.15) is 25.0 Å². The molecule has 76 valence electrons. The van der Waals surface area contributed by atoms with Gasteiger partial charge in [-0.15, -0.1) is 12.4 Å². The largest absolute Gasteiger partial charge is 0.306 e. The summed E-state index contributed by atoms with van der Waals surface area (Å²) in [5.74, 6) is 0.809. The predicted molar refractivity (Wildman–Crippen MR) is 56.3 cm³/mol. The fourth-order valence-electron chi connectivity index (χ4n) is 2.69. The van der Waals surface area contributed by atoms with Gasteiger partial charge in [0.25, 0.3) is 0 Å². The van der Waals surface area contributed by atoms with Gasteiger partial charge in [0.05, 0.1) is 17.4 Å². The highest BCUT2D eigenvalue weighted by Crippen LogP contribution is 2.50. The molecule has 1 saturated heterocycles. The van der Waals surface area contributed by atoms with E-state index >= 15 is 0 Å². The number of nitrogens with zero attached hydrogens (tertiary/aromatic N) is 2. The zero-order chi connectivity index (χ0) is 8.73. The maximum Gasteiger partial charge on any atom is 0.0790 e. The summed E-state index contributed by atoms with van der Waals surface area (Å²) in [6.07, 6.45) is 9.32. The van der Waals surface area contributed by atoms with Crippen LogP contribution in [0.25, 0.3) is 0 Å². The van der Waals surface area contributed by atoms with Crippen LogP contribution in [0.15, 0.2) is 18.6 Å². The van der Waals surface area contributed by atoms with Crippen molar-refractivity contribution in [1.29, 1.82) is 0 Å². The Bertz CT molecular complexity index is 316. The fourth-order valence-corrected chi connectivity index (χ4v) is 2.69. The third-order valence-electron chi connectivity index (χ3n) is 3.54. The second-order valence-corrected chi connectivity index (χ2v) is 4.01. The smallest absolute Gasteiger partial charge is 0.0790 e. The molecule has 3 rings (SSSR count). The van der Waals surface area contributed by atoms with Crippen LogP contribution < -0.4 is 5.32 Å².